The standard InChI is InChI=1S/C18H25N3O5S/c1-6-11(3)21-27(23,24)16-10-13(8-9-15(16)25-5)17-14(7-2)20-26-18(17)19-12(4)22/h8-11,21H,6-7H2,1-5H3,(H,19,22)/t11-/m1/s1. The highest BCUT2D eigenvalue weighted by molar-refractivity contribution is 7.89. The fourth-order valence-corrected chi connectivity index (χ4v) is 4.08. The quantitative estimate of drug-likeness (QED) is 0.711. The van der Waals surface area contributed by atoms with Crippen molar-refractivity contribution in [2.24, 2.45) is 0 Å². The van der Waals surface area contributed by atoms with Gasteiger partial charge in [0.15, 0.2) is 0 Å². The van der Waals surface area contributed by atoms with Crippen molar-refractivity contribution in [2.45, 2.75) is 51.5 Å². The van der Waals surface area contributed by atoms with Crippen LogP contribution in [0.5, 0.6) is 5.75 Å². The highest BCUT2D eigenvalue weighted by atomic mass is 32.2. The van der Waals surface area contributed by atoms with Crippen LogP contribution >= 0.6 is 0 Å². The van der Waals surface area contributed by atoms with Gasteiger partial charge in [-0.25, -0.2) is 13.1 Å². The Bertz CT molecular complexity index is 921. The smallest absolute Gasteiger partial charge is 0.244 e. The molecule has 1 heterocycles. The van der Waals surface area contributed by atoms with Gasteiger partial charge in [0.1, 0.15) is 10.6 Å². The SMILES string of the molecule is CCc1noc(NC(C)=O)c1-c1ccc(OC)c(S(=O)(=O)N[C@H](C)CC)c1. The summed E-state index contributed by atoms with van der Waals surface area (Å²) in [6.07, 6.45) is 1.21. The molecule has 0 aliphatic rings. The van der Waals surface area contributed by atoms with E-state index >= 15 is 0 Å². The van der Waals surface area contributed by atoms with E-state index in [1.54, 1.807) is 19.1 Å². The number of rotatable bonds is 8. The van der Waals surface area contributed by atoms with E-state index in [2.05, 4.69) is 15.2 Å². The highest BCUT2D eigenvalue weighted by Crippen LogP contribution is 2.36. The zero-order valence-electron chi connectivity index (χ0n) is 16.1. The van der Waals surface area contributed by atoms with E-state index in [1.807, 2.05) is 13.8 Å². The number of nitrogens with one attached hydrogen (secondary N) is 2. The summed E-state index contributed by atoms with van der Waals surface area (Å²) in [6.45, 7) is 6.94. The van der Waals surface area contributed by atoms with Crippen molar-refractivity contribution >= 4 is 21.8 Å². The first-order valence-electron chi connectivity index (χ1n) is 8.70. The van der Waals surface area contributed by atoms with Crippen molar-refractivity contribution in [3.05, 3.63) is 23.9 Å². The van der Waals surface area contributed by atoms with Gasteiger partial charge in [-0.1, -0.05) is 25.1 Å². The van der Waals surface area contributed by atoms with E-state index in [1.165, 1.54) is 20.1 Å². The number of amides is 1. The van der Waals surface area contributed by atoms with Gasteiger partial charge in [0, 0.05) is 13.0 Å². The largest absolute Gasteiger partial charge is 0.495 e. The van der Waals surface area contributed by atoms with Crippen LogP contribution in [-0.4, -0.2) is 32.6 Å². The van der Waals surface area contributed by atoms with Crippen LogP contribution in [0.2, 0.25) is 0 Å². The molecule has 1 atom stereocenters. The van der Waals surface area contributed by atoms with E-state index in [0.717, 1.165) is 0 Å². The van der Waals surface area contributed by atoms with Gasteiger partial charge in [0.2, 0.25) is 21.8 Å². The second kappa shape index (κ2) is 8.53. The number of nitrogens with zero attached hydrogens (tertiary/aromatic N) is 1. The summed E-state index contributed by atoms with van der Waals surface area (Å²) < 4.78 is 38.7. The molecular weight excluding hydrogens is 370 g/mol. The molecule has 2 N–H and O–H groups in total. The fraction of sp³-hybridized carbons (Fsp3) is 0.444. The lowest BCUT2D eigenvalue weighted by atomic mass is 10.0. The minimum atomic E-state index is -3.80. The molecule has 2 rings (SSSR count). The summed E-state index contributed by atoms with van der Waals surface area (Å²) in [6, 6.07) is 4.56. The molecule has 0 bridgehead atoms. The third kappa shape index (κ3) is 4.67. The number of hydrogen-bond donors (Lipinski definition) is 2. The maximum Gasteiger partial charge on any atom is 0.244 e. The molecule has 0 unspecified atom stereocenters. The predicted octanol–water partition coefficient (Wildman–Crippen LogP) is 2.95. The van der Waals surface area contributed by atoms with E-state index in [-0.39, 0.29) is 28.5 Å². The fourth-order valence-electron chi connectivity index (χ4n) is 2.56. The van der Waals surface area contributed by atoms with Crippen LogP contribution in [0.4, 0.5) is 5.88 Å². The van der Waals surface area contributed by atoms with Crippen molar-refractivity contribution in [2.75, 3.05) is 12.4 Å². The molecule has 0 saturated carbocycles. The molecular formula is C18H25N3O5S. The first-order valence-corrected chi connectivity index (χ1v) is 10.2. The number of hydrogen-bond acceptors (Lipinski definition) is 6. The van der Waals surface area contributed by atoms with Crippen LogP contribution in [0.3, 0.4) is 0 Å². The molecule has 27 heavy (non-hydrogen) atoms. The lowest BCUT2D eigenvalue weighted by Crippen LogP contribution is -2.32. The topological polar surface area (TPSA) is 111 Å². The second-order valence-corrected chi connectivity index (χ2v) is 7.85. The molecule has 8 nitrogen and oxygen atoms in total. The zero-order chi connectivity index (χ0) is 20.2. The van der Waals surface area contributed by atoms with Crippen molar-refractivity contribution in [1.82, 2.24) is 9.88 Å². The van der Waals surface area contributed by atoms with E-state index in [4.69, 9.17) is 9.26 Å². The Morgan fingerprint density at radius 2 is 2.04 bits per heavy atom. The third-order valence-electron chi connectivity index (χ3n) is 4.10. The highest BCUT2D eigenvalue weighted by Gasteiger charge is 2.25. The number of carbonyl (C=O) groups is 1. The number of ether oxygens (including phenoxy) is 1. The Morgan fingerprint density at radius 3 is 2.59 bits per heavy atom. The number of aromatic nitrogens is 1. The van der Waals surface area contributed by atoms with E-state index < -0.39 is 10.0 Å². The lowest BCUT2D eigenvalue weighted by molar-refractivity contribution is -0.114. The summed E-state index contributed by atoms with van der Waals surface area (Å²) >= 11 is 0. The normalized spacial score (nSPS) is 12.6. The van der Waals surface area contributed by atoms with Gasteiger partial charge in [-0.2, -0.15) is 0 Å². The van der Waals surface area contributed by atoms with Gasteiger partial charge >= 0.3 is 0 Å². The first-order chi connectivity index (χ1) is 12.7. The Kier molecular flexibility index (Phi) is 6.61. The van der Waals surface area contributed by atoms with Gasteiger partial charge < -0.3 is 9.26 Å². The molecule has 0 saturated heterocycles. The minimum absolute atomic E-state index is 0.0137. The summed E-state index contributed by atoms with van der Waals surface area (Å²) in [5.41, 5.74) is 1.72. The molecule has 0 spiro atoms. The summed E-state index contributed by atoms with van der Waals surface area (Å²) in [5.74, 6) is 0.0997. The number of sulfonamides is 1. The Labute approximate surface area is 159 Å². The van der Waals surface area contributed by atoms with Gasteiger partial charge in [-0.15, -0.1) is 0 Å². The number of methoxy groups -OCH3 is 1. The third-order valence-corrected chi connectivity index (χ3v) is 5.71. The van der Waals surface area contributed by atoms with Crippen molar-refractivity contribution in [1.29, 1.82) is 0 Å². The van der Waals surface area contributed by atoms with Gasteiger partial charge in [-0.3, -0.25) is 10.1 Å². The van der Waals surface area contributed by atoms with E-state index in [0.29, 0.717) is 29.7 Å². The average molecular weight is 395 g/mol. The van der Waals surface area contributed by atoms with Gasteiger partial charge in [0.05, 0.1) is 18.4 Å². The number of benzene rings is 1. The second-order valence-electron chi connectivity index (χ2n) is 6.16. The summed E-state index contributed by atoms with van der Waals surface area (Å²) in [7, 11) is -2.38. The Hall–Kier alpha value is -2.39. The van der Waals surface area contributed by atoms with Crippen LogP contribution in [0.1, 0.15) is 39.8 Å². The number of aryl methyl sites for hydroxylation is 1. The average Bonchev–Trinajstić information content (AvgIpc) is 3.02. The summed E-state index contributed by atoms with van der Waals surface area (Å²) in [5, 5.41) is 6.56. The zero-order valence-corrected chi connectivity index (χ0v) is 16.9. The van der Waals surface area contributed by atoms with Crippen molar-refractivity contribution in [3.63, 3.8) is 0 Å². The molecule has 0 aliphatic carbocycles. The summed E-state index contributed by atoms with van der Waals surface area (Å²) in [4.78, 5) is 11.5. The van der Waals surface area contributed by atoms with Crippen LogP contribution in [0.15, 0.2) is 27.6 Å². The first kappa shape index (κ1) is 20.9. The molecule has 1 amide bonds. The van der Waals surface area contributed by atoms with Gasteiger partial charge in [-0.05, 0) is 37.5 Å². The monoisotopic (exact) mass is 395 g/mol. The van der Waals surface area contributed by atoms with Crippen molar-refractivity contribution < 1.29 is 22.5 Å². The molecule has 0 fully saturated rings. The van der Waals surface area contributed by atoms with Gasteiger partial charge in [0.25, 0.3) is 0 Å². The van der Waals surface area contributed by atoms with Crippen molar-refractivity contribution in [3.8, 4) is 16.9 Å². The minimum Gasteiger partial charge on any atom is -0.495 e. The molecule has 9 heteroatoms. The molecule has 2 aromatic rings. The van der Waals surface area contributed by atoms with Crippen LogP contribution < -0.4 is 14.8 Å². The molecule has 0 aliphatic heterocycles. The number of carbonyl (C=O) groups excluding carboxylic acids is 1. The van der Waals surface area contributed by atoms with Crippen LogP contribution in [0.25, 0.3) is 11.1 Å². The lowest BCUT2D eigenvalue weighted by Gasteiger charge is -2.15. The molecule has 0 radical (unpaired) electrons. The Morgan fingerprint density at radius 1 is 1.33 bits per heavy atom. The predicted molar refractivity (Wildman–Crippen MR) is 102 cm³/mol. The number of anilines is 1. The van der Waals surface area contributed by atoms with Crippen LogP contribution in [-0.2, 0) is 21.2 Å². The molecule has 1 aromatic carbocycles. The van der Waals surface area contributed by atoms with Crippen LogP contribution in [0, 0.1) is 0 Å². The maximum atomic E-state index is 12.8. The molecule has 1 aromatic heterocycles. The molecule has 148 valence electrons. The Balaban J connectivity index is 2.62. The maximum absolute atomic E-state index is 12.8. The van der Waals surface area contributed by atoms with E-state index in [9.17, 15) is 13.2 Å².